The number of rotatable bonds is 7. The first-order valence-corrected chi connectivity index (χ1v) is 11.7. The van der Waals surface area contributed by atoms with Gasteiger partial charge in [-0.2, -0.15) is 0 Å². The first-order valence-electron chi connectivity index (χ1n) is 11.7. The van der Waals surface area contributed by atoms with Crippen molar-refractivity contribution >= 4 is 11.8 Å². The van der Waals surface area contributed by atoms with E-state index in [1.807, 2.05) is 63.2 Å². The fourth-order valence-electron chi connectivity index (χ4n) is 3.75. The molecular weight excluding hydrogens is 444 g/mol. The fraction of sp³-hybridized carbons (Fsp3) is 0.310. The van der Waals surface area contributed by atoms with Crippen LogP contribution in [0.2, 0.25) is 0 Å². The lowest BCUT2D eigenvalue weighted by molar-refractivity contribution is -0.183. The number of ketones is 1. The van der Waals surface area contributed by atoms with Gasteiger partial charge < -0.3 is 18.9 Å². The van der Waals surface area contributed by atoms with E-state index in [1.54, 1.807) is 30.3 Å². The predicted molar refractivity (Wildman–Crippen MR) is 132 cm³/mol. The average molecular weight is 475 g/mol. The molecule has 1 aliphatic heterocycles. The van der Waals surface area contributed by atoms with E-state index in [2.05, 4.69) is 0 Å². The van der Waals surface area contributed by atoms with Gasteiger partial charge in [0.2, 0.25) is 0 Å². The first-order chi connectivity index (χ1) is 16.8. The first kappa shape index (κ1) is 24.6. The van der Waals surface area contributed by atoms with E-state index in [0.29, 0.717) is 47.8 Å². The molecule has 1 heterocycles. The van der Waals surface area contributed by atoms with E-state index >= 15 is 0 Å². The third-order valence-corrected chi connectivity index (χ3v) is 5.39. The second-order valence-corrected chi connectivity index (χ2v) is 9.33. The largest absolute Gasteiger partial charge is 0.488 e. The van der Waals surface area contributed by atoms with Crippen LogP contribution in [-0.2, 0) is 20.8 Å². The van der Waals surface area contributed by atoms with Crippen molar-refractivity contribution in [3.05, 3.63) is 101 Å². The Balaban J connectivity index is 1.65. The topological polar surface area (TPSA) is 71.1 Å². The molecule has 1 fully saturated rings. The summed E-state index contributed by atoms with van der Waals surface area (Å²) in [6.45, 7) is 6.86. The molecule has 0 radical (unpaired) electrons. The van der Waals surface area contributed by atoms with Gasteiger partial charge in [0, 0.05) is 11.1 Å². The van der Waals surface area contributed by atoms with Crippen molar-refractivity contribution in [3.63, 3.8) is 0 Å². The van der Waals surface area contributed by atoms with Gasteiger partial charge in [0.15, 0.2) is 12.1 Å². The molecule has 0 saturated carbocycles. The fourth-order valence-corrected chi connectivity index (χ4v) is 3.75. The van der Waals surface area contributed by atoms with Crippen molar-refractivity contribution in [3.8, 4) is 5.75 Å². The van der Waals surface area contributed by atoms with E-state index in [4.69, 9.17) is 18.9 Å². The van der Waals surface area contributed by atoms with Crippen molar-refractivity contribution < 1.29 is 28.5 Å². The van der Waals surface area contributed by atoms with E-state index in [0.717, 1.165) is 12.0 Å². The molecule has 0 bridgehead atoms. The Bertz CT molecular complexity index is 1160. The summed E-state index contributed by atoms with van der Waals surface area (Å²) >= 11 is 0. The van der Waals surface area contributed by atoms with Crippen LogP contribution in [0.5, 0.6) is 5.75 Å². The number of esters is 1. The molecule has 6 heteroatoms. The summed E-state index contributed by atoms with van der Waals surface area (Å²) in [5.74, 6) is -0.227. The number of hydrogen-bond acceptors (Lipinski definition) is 6. The van der Waals surface area contributed by atoms with E-state index in [1.165, 1.54) is 0 Å². The molecule has 6 nitrogen and oxygen atoms in total. The maximum absolute atomic E-state index is 13.7. The summed E-state index contributed by atoms with van der Waals surface area (Å²) in [5.41, 5.74) is 2.20. The number of hydrogen-bond donors (Lipinski definition) is 0. The summed E-state index contributed by atoms with van der Waals surface area (Å²) < 4.78 is 23.2. The van der Waals surface area contributed by atoms with E-state index < -0.39 is 17.9 Å². The molecule has 0 aromatic heterocycles. The van der Waals surface area contributed by atoms with Crippen molar-refractivity contribution in [2.75, 3.05) is 13.2 Å². The molecule has 3 aromatic rings. The predicted octanol–water partition coefficient (Wildman–Crippen LogP) is 5.89. The van der Waals surface area contributed by atoms with Crippen molar-refractivity contribution in [1.82, 2.24) is 0 Å². The molecule has 0 unspecified atom stereocenters. The Kier molecular flexibility index (Phi) is 7.63. The zero-order valence-corrected chi connectivity index (χ0v) is 20.3. The minimum Gasteiger partial charge on any atom is -0.488 e. The van der Waals surface area contributed by atoms with Crippen LogP contribution >= 0.6 is 0 Å². The van der Waals surface area contributed by atoms with Gasteiger partial charge in [-0.05, 0) is 51.0 Å². The van der Waals surface area contributed by atoms with Crippen LogP contribution < -0.4 is 4.74 Å². The van der Waals surface area contributed by atoms with Gasteiger partial charge in [-0.25, -0.2) is 4.79 Å². The van der Waals surface area contributed by atoms with Gasteiger partial charge in [-0.3, -0.25) is 4.79 Å². The Morgan fingerprint density at radius 2 is 1.51 bits per heavy atom. The maximum Gasteiger partial charge on any atom is 0.338 e. The smallest absolute Gasteiger partial charge is 0.338 e. The molecule has 182 valence electrons. The average Bonchev–Trinajstić information content (AvgIpc) is 2.87. The zero-order valence-electron chi connectivity index (χ0n) is 20.3. The van der Waals surface area contributed by atoms with Crippen LogP contribution in [0, 0.1) is 0 Å². The van der Waals surface area contributed by atoms with Crippen LogP contribution in [0.1, 0.15) is 70.9 Å². The highest BCUT2D eigenvalue weighted by Gasteiger charge is 2.27. The SMILES string of the molecule is CC(C)(C)OC(=O)c1ccc(C(=O)c2c(OCc3ccccc3)cccc2C2OCCCO2)cc1. The van der Waals surface area contributed by atoms with E-state index in [-0.39, 0.29) is 5.78 Å². The summed E-state index contributed by atoms with van der Waals surface area (Å²) in [4.78, 5) is 26.1. The van der Waals surface area contributed by atoms with Crippen molar-refractivity contribution in [2.45, 2.75) is 45.7 Å². The molecule has 0 aliphatic carbocycles. The third kappa shape index (κ3) is 6.35. The van der Waals surface area contributed by atoms with Gasteiger partial charge in [0.05, 0.1) is 24.3 Å². The van der Waals surface area contributed by atoms with Gasteiger partial charge in [0.1, 0.15) is 18.0 Å². The van der Waals surface area contributed by atoms with Crippen molar-refractivity contribution in [1.29, 1.82) is 0 Å². The lowest BCUT2D eigenvalue weighted by Gasteiger charge is -2.26. The second-order valence-electron chi connectivity index (χ2n) is 9.33. The Morgan fingerprint density at radius 3 is 2.17 bits per heavy atom. The van der Waals surface area contributed by atoms with E-state index in [9.17, 15) is 9.59 Å². The maximum atomic E-state index is 13.7. The molecular formula is C29H30O6. The molecule has 1 saturated heterocycles. The molecule has 35 heavy (non-hydrogen) atoms. The molecule has 0 amide bonds. The monoisotopic (exact) mass is 474 g/mol. The van der Waals surface area contributed by atoms with Gasteiger partial charge in [-0.15, -0.1) is 0 Å². The normalized spacial score (nSPS) is 14.4. The quantitative estimate of drug-likeness (QED) is 0.314. The summed E-state index contributed by atoms with van der Waals surface area (Å²) in [5, 5.41) is 0. The molecule has 0 atom stereocenters. The Hall–Kier alpha value is -3.48. The minimum absolute atomic E-state index is 0.239. The molecule has 0 N–H and O–H groups in total. The standard InChI is InChI=1S/C29H30O6/c1-29(2,3)35-27(31)22-15-13-21(14-16-22)26(30)25-23(28-32-17-8-18-33-28)11-7-12-24(25)34-19-20-9-5-4-6-10-20/h4-7,9-16,28H,8,17-19H2,1-3H3. The highest BCUT2D eigenvalue weighted by atomic mass is 16.7. The van der Waals surface area contributed by atoms with Crippen LogP contribution in [0.3, 0.4) is 0 Å². The molecule has 1 aliphatic rings. The summed E-state index contributed by atoms with van der Waals surface area (Å²) in [6, 6.07) is 21.6. The van der Waals surface area contributed by atoms with Crippen LogP contribution in [0.4, 0.5) is 0 Å². The van der Waals surface area contributed by atoms with Gasteiger partial charge >= 0.3 is 5.97 Å². The summed E-state index contributed by atoms with van der Waals surface area (Å²) in [6.07, 6.45) is 0.153. The number of carbonyl (C=O) groups excluding carboxylic acids is 2. The molecule has 4 rings (SSSR count). The third-order valence-electron chi connectivity index (χ3n) is 5.39. The zero-order chi connectivity index (χ0) is 24.8. The number of carbonyl (C=O) groups is 2. The Morgan fingerprint density at radius 1 is 0.857 bits per heavy atom. The van der Waals surface area contributed by atoms with Gasteiger partial charge in [0.25, 0.3) is 0 Å². The lowest BCUT2D eigenvalue weighted by Crippen LogP contribution is -2.24. The number of benzene rings is 3. The molecule has 3 aromatic carbocycles. The van der Waals surface area contributed by atoms with Crippen LogP contribution in [0.25, 0.3) is 0 Å². The highest BCUT2D eigenvalue weighted by Crippen LogP contribution is 2.34. The van der Waals surface area contributed by atoms with Crippen molar-refractivity contribution in [2.24, 2.45) is 0 Å². The summed E-state index contributed by atoms with van der Waals surface area (Å²) in [7, 11) is 0. The van der Waals surface area contributed by atoms with Gasteiger partial charge in [-0.1, -0.05) is 54.6 Å². The van der Waals surface area contributed by atoms with Crippen LogP contribution in [0.15, 0.2) is 72.8 Å². The van der Waals surface area contributed by atoms with Crippen LogP contribution in [-0.4, -0.2) is 30.6 Å². The lowest BCUT2D eigenvalue weighted by atomic mass is 9.96. The highest BCUT2D eigenvalue weighted by molar-refractivity contribution is 6.12. The Labute approximate surface area is 205 Å². The number of ether oxygens (including phenoxy) is 4. The second kappa shape index (κ2) is 10.8. The minimum atomic E-state index is -0.649. The molecule has 0 spiro atoms.